The van der Waals surface area contributed by atoms with Crippen LogP contribution in [0.2, 0.25) is 0 Å². The lowest BCUT2D eigenvalue weighted by Gasteiger charge is -2.34. The molecule has 1 N–H and O–H groups in total. The average molecular weight is 406 g/mol. The molecule has 132 valence electrons. The Balaban J connectivity index is 1.46. The van der Waals surface area contributed by atoms with E-state index in [-0.39, 0.29) is 11.7 Å². The molecule has 1 heterocycles. The minimum absolute atomic E-state index is 0.208. The number of hydrogen-bond acceptors (Lipinski definition) is 2. The summed E-state index contributed by atoms with van der Waals surface area (Å²) in [6.07, 6.45) is 1.01. The molecule has 2 aromatic rings. The van der Waals surface area contributed by atoms with Crippen molar-refractivity contribution in [3.63, 3.8) is 0 Å². The number of benzene rings is 2. The van der Waals surface area contributed by atoms with Gasteiger partial charge in [-0.25, -0.2) is 9.18 Å². The van der Waals surface area contributed by atoms with Gasteiger partial charge in [0.2, 0.25) is 0 Å². The predicted molar refractivity (Wildman–Crippen MR) is 101 cm³/mol. The maximum atomic E-state index is 13.8. The van der Waals surface area contributed by atoms with Crippen LogP contribution in [-0.4, -0.2) is 48.6 Å². The van der Waals surface area contributed by atoms with Gasteiger partial charge in [0.25, 0.3) is 0 Å². The van der Waals surface area contributed by atoms with Crippen molar-refractivity contribution < 1.29 is 9.18 Å². The number of halogens is 2. The van der Waals surface area contributed by atoms with Gasteiger partial charge in [0.15, 0.2) is 0 Å². The zero-order chi connectivity index (χ0) is 17.6. The van der Waals surface area contributed by atoms with E-state index in [0.29, 0.717) is 17.6 Å². The lowest BCUT2D eigenvalue weighted by Crippen LogP contribution is -2.50. The summed E-state index contributed by atoms with van der Waals surface area (Å²) in [7, 11) is 0. The average Bonchev–Trinajstić information content (AvgIpc) is 2.63. The molecule has 1 aliphatic heterocycles. The minimum atomic E-state index is -0.441. The molecule has 0 radical (unpaired) electrons. The van der Waals surface area contributed by atoms with Gasteiger partial charge >= 0.3 is 6.03 Å². The van der Waals surface area contributed by atoms with Crippen LogP contribution in [0, 0.1) is 5.82 Å². The highest BCUT2D eigenvalue weighted by molar-refractivity contribution is 9.10. The van der Waals surface area contributed by atoms with Gasteiger partial charge in [-0.2, -0.15) is 0 Å². The van der Waals surface area contributed by atoms with Crippen LogP contribution in [-0.2, 0) is 6.42 Å². The van der Waals surface area contributed by atoms with Gasteiger partial charge in [0.1, 0.15) is 5.82 Å². The van der Waals surface area contributed by atoms with Crippen LogP contribution in [0.1, 0.15) is 5.56 Å². The van der Waals surface area contributed by atoms with Gasteiger partial charge in [0.05, 0.1) is 5.69 Å². The molecule has 0 saturated carbocycles. The van der Waals surface area contributed by atoms with Gasteiger partial charge in [-0.1, -0.05) is 46.3 Å². The van der Waals surface area contributed by atoms with Crippen molar-refractivity contribution in [1.82, 2.24) is 9.80 Å². The van der Waals surface area contributed by atoms with Crippen molar-refractivity contribution in [2.75, 3.05) is 38.0 Å². The van der Waals surface area contributed by atoms with E-state index in [1.807, 2.05) is 6.07 Å². The fraction of sp³-hybridized carbons (Fsp3) is 0.316. The van der Waals surface area contributed by atoms with E-state index in [4.69, 9.17) is 0 Å². The molecule has 25 heavy (non-hydrogen) atoms. The molecular weight excluding hydrogens is 385 g/mol. The molecule has 1 saturated heterocycles. The Bertz CT molecular complexity index is 718. The maximum Gasteiger partial charge on any atom is 0.322 e. The lowest BCUT2D eigenvalue weighted by atomic mass is 10.1. The van der Waals surface area contributed by atoms with Gasteiger partial charge in [-0.3, -0.25) is 4.90 Å². The van der Waals surface area contributed by atoms with E-state index in [1.54, 1.807) is 17.0 Å². The fourth-order valence-electron chi connectivity index (χ4n) is 2.89. The first kappa shape index (κ1) is 17.9. The molecular formula is C19H21BrFN3O. The van der Waals surface area contributed by atoms with Crippen molar-refractivity contribution in [1.29, 1.82) is 0 Å². The Morgan fingerprint density at radius 2 is 1.80 bits per heavy atom. The number of carbonyl (C=O) groups excluding carboxylic acids is 1. The van der Waals surface area contributed by atoms with Crippen LogP contribution < -0.4 is 5.32 Å². The van der Waals surface area contributed by atoms with Crippen molar-refractivity contribution in [2.45, 2.75) is 6.42 Å². The third-order valence-corrected chi connectivity index (χ3v) is 4.89. The quantitative estimate of drug-likeness (QED) is 0.834. The fourth-order valence-corrected chi connectivity index (χ4v) is 3.22. The number of piperazine rings is 1. The second-order valence-electron chi connectivity index (χ2n) is 6.12. The minimum Gasteiger partial charge on any atom is -0.322 e. The Labute approximate surface area is 155 Å². The monoisotopic (exact) mass is 405 g/mol. The predicted octanol–water partition coefficient (Wildman–Crippen LogP) is 3.98. The molecule has 0 bridgehead atoms. The van der Waals surface area contributed by atoms with Crippen molar-refractivity contribution in [2.24, 2.45) is 0 Å². The largest absolute Gasteiger partial charge is 0.322 e. The van der Waals surface area contributed by atoms with E-state index in [9.17, 15) is 9.18 Å². The Hall–Kier alpha value is -1.92. The molecule has 3 rings (SSSR count). The standard InChI is InChI=1S/C19H21BrFN3O/c20-16-6-7-18(17(21)14-16)22-19(25)24-12-10-23(11-13-24)9-8-15-4-2-1-3-5-15/h1-7,14H,8-13H2,(H,22,25). The molecule has 0 aromatic heterocycles. The van der Waals surface area contributed by atoms with Gasteiger partial charge < -0.3 is 10.2 Å². The first-order chi connectivity index (χ1) is 12.1. The molecule has 6 heteroatoms. The number of nitrogens with one attached hydrogen (secondary N) is 1. The summed E-state index contributed by atoms with van der Waals surface area (Å²) in [4.78, 5) is 16.4. The van der Waals surface area contributed by atoms with Crippen LogP contribution >= 0.6 is 15.9 Å². The van der Waals surface area contributed by atoms with Crippen molar-refractivity contribution in [3.8, 4) is 0 Å². The second kappa shape index (κ2) is 8.45. The first-order valence-electron chi connectivity index (χ1n) is 8.39. The van der Waals surface area contributed by atoms with Gasteiger partial charge in [0, 0.05) is 37.2 Å². The molecule has 4 nitrogen and oxygen atoms in total. The number of carbonyl (C=O) groups is 1. The van der Waals surface area contributed by atoms with Gasteiger partial charge in [-0.15, -0.1) is 0 Å². The summed E-state index contributed by atoms with van der Waals surface area (Å²) in [5.41, 5.74) is 1.54. The van der Waals surface area contributed by atoms with E-state index in [0.717, 1.165) is 26.1 Å². The summed E-state index contributed by atoms with van der Waals surface area (Å²) in [6, 6.07) is 14.8. The smallest absolute Gasteiger partial charge is 0.322 e. The molecule has 2 amide bonds. The zero-order valence-electron chi connectivity index (χ0n) is 13.9. The maximum absolute atomic E-state index is 13.8. The van der Waals surface area contributed by atoms with Crippen LogP contribution in [0.4, 0.5) is 14.9 Å². The number of amides is 2. The number of hydrogen-bond donors (Lipinski definition) is 1. The van der Waals surface area contributed by atoms with Gasteiger partial charge in [-0.05, 0) is 30.2 Å². The molecule has 0 unspecified atom stereocenters. The van der Waals surface area contributed by atoms with Crippen LogP contribution in [0.5, 0.6) is 0 Å². The molecule has 1 fully saturated rings. The summed E-state index contributed by atoms with van der Waals surface area (Å²) in [5.74, 6) is -0.441. The number of urea groups is 1. The van der Waals surface area contributed by atoms with E-state index >= 15 is 0 Å². The molecule has 0 atom stereocenters. The Morgan fingerprint density at radius 1 is 1.08 bits per heavy atom. The SMILES string of the molecule is O=C(Nc1ccc(Br)cc1F)N1CCN(CCc2ccccc2)CC1. The normalized spacial score (nSPS) is 15.2. The Morgan fingerprint density at radius 3 is 2.48 bits per heavy atom. The third kappa shape index (κ3) is 5.03. The second-order valence-corrected chi connectivity index (χ2v) is 7.03. The van der Waals surface area contributed by atoms with Crippen LogP contribution in [0.25, 0.3) is 0 Å². The van der Waals surface area contributed by atoms with Crippen LogP contribution in [0.3, 0.4) is 0 Å². The first-order valence-corrected chi connectivity index (χ1v) is 9.18. The van der Waals surface area contributed by atoms with E-state index in [1.165, 1.54) is 11.6 Å². The lowest BCUT2D eigenvalue weighted by molar-refractivity contribution is 0.148. The number of anilines is 1. The molecule has 1 aliphatic rings. The summed E-state index contributed by atoms with van der Waals surface area (Å²) in [6.45, 7) is 3.96. The Kier molecular flexibility index (Phi) is 6.04. The molecule has 0 spiro atoms. The highest BCUT2D eigenvalue weighted by Crippen LogP contribution is 2.20. The van der Waals surface area contributed by atoms with E-state index < -0.39 is 5.82 Å². The van der Waals surface area contributed by atoms with Crippen molar-refractivity contribution in [3.05, 3.63) is 64.4 Å². The summed E-state index contributed by atoms with van der Waals surface area (Å²) < 4.78 is 14.5. The molecule has 0 aliphatic carbocycles. The third-order valence-electron chi connectivity index (χ3n) is 4.39. The van der Waals surface area contributed by atoms with Crippen molar-refractivity contribution >= 4 is 27.6 Å². The number of nitrogens with zero attached hydrogens (tertiary/aromatic N) is 2. The zero-order valence-corrected chi connectivity index (χ0v) is 15.5. The topological polar surface area (TPSA) is 35.6 Å². The summed E-state index contributed by atoms with van der Waals surface area (Å²) >= 11 is 3.21. The van der Waals surface area contributed by atoms with E-state index in [2.05, 4.69) is 50.4 Å². The highest BCUT2D eigenvalue weighted by Gasteiger charge is 2.21. The molecule has 2 aromatic carbocycles. The number of rotatable bonds is 4. The highest BCUT2D eigenvalue weighted by atomic mass is 79.9. The van der Waals surface area contributed by atoms with Crippen LogP contribution in [0.15, 0.2) is 53.0 Å². The summed E-state index contributed by atoms with van der Waals surface area (Å²) in [5, 5.41) is 2.65.